The molecule has 0 unspecified atom stereocenters. The van der Waals surface area contributed by atoms with E-state index in [-0.39, 0.29) is 27.7 Å². The van der Waals surface area contributed by atoms with Crippen LogP contribution in [0.3, 0.4) is 0 Å². The molecule has 0 aliphatic carbocycles. The first kappa shape index (κ1) is 14.0. The lowest BCUT2D eigenvalue weighted by Crippen LogP contribution is -2.17. The van der Waals surface area contributed by atoms with Crippen LogP contribution in [0.4, 0.5) is 5.69 Å². The molecule has 20 heavy (non-hydrogen) atoms. The number of nitrogens with zero attached hydrogens (tertiary/aromatic N) is 2. The van der Waals surface area contributed by atoms with Crippen LogP contribution in [0.2, 0.25) is 0 Å². The number of hydrogen-bond acceptors (Lipinski definition) is 6. The number of carbonyl (C=O) groups is 1. The van der Waals surface area contributed by atoms with E-state index in [4.69, 9.17) is 9.63 Å². The van der Waals surface area contributed by atoms with E-state index in [1.807, 2.05) is 0 Å². The Kier molecular flexibility index (Phi) is 3.45. The van der Waals surface area contributed by atoms with Gasteiger partial charge >= 0.3 is 5.97 Å². The number of hydrogen-bond donors (Lipinski definition) is 2. The fourth-order valence-corrected chi connectivity index (χ4v) is 3.11. The van der Waals surface area contributed by atoms with Gasteiger partial charge in [-0.1, -0.05) is 5.16 Å². The molecule has 0 saturated carbocycles. The van der Waals surface area contributed by atoms with E-state index in [9.17, 15) is 13.2 Å². The van der Waals surface area contributed by atoms with E-state index >= 15 is 0 Å². The fourth-order valence-electron chi connectivity index (χ4n) is 1.71. The Morgan fingerprint density at radius 3 is 2.65 bits per heavy atom. The van der Waals surface area contributed by atoms with Gasteiger partial charge in [0.2, 0.25) is 0 Å². The SMILES string of the molecule is Cc1noc(C)c1S(=O)(=O)Nc1cccnc1C(=O)O. The normalized spacial score (nSPS) is 11.3. The molecular weight excluding hydrogens is 286 g/mol. The van der Waals surface area contributed by atoms with Gasteiger partial charge in [-0.3, -0.25) is 4.72 Å². The number of rotatable bonds is 4. The molecule has 0 saturated heterocycles. The zero-order valence-corrected chi connectivity index (χ0v) is 11.4. The van der Waals surface area contributed by atoms with E-state index in [0.29, 0.717) is 0 Å². The molecule has 0 bridgehead atoms. The number of pyridine rings is 1. The molecule has 2 heterocycles. The van der Waals surface area contributed by atoms with Gasteiger partial charge in [-0.05, 0) is 26.0 Å². The monoisotopic (exact) mass is 297 g/mol. The average molecular weight is 297 g/mol. The number of sulfonamides is 1. The number of anilines is 1. The van der Waals surface area contributed by atoms with Crippen LogP contribution in [0.5, 0.6) is 0 Å². The predicted octanol–water partition coefficient (Wildman–Crippen LogP) is 1.19. The maximum absolute atomic E-state index is 12.2. The van der Waals surface area contributed by atoms with Gasteiger partial charge in [0.15, 0.2) is 16.3 Å². The fraction of sp³-hybridized carbons (Fsp3) is 0.182. The predicted molar refractivity (Wildman–Crippen MR) is 68.0 cm³/mol. The zero-order chi connectivity index (χ0) is 14.9. The highest BCUT2D eigenvalue weighted by molar-refractivity contribution is 7.92. The van der Waals surface area contributed by atoms with E-state index in [1.165, 1.54) is 32.2 Å². The molecule has 2 aromatic rings. The molecule has 0 fully saturated rings. The van der Waals surface area contributed by atoms with Crippen LogP contribution in [0.15, 0.2) is 27.7 Å². The van der Waals surface area contributed by atoms with Crippen LogP contribution in [0, 0.1) is 13.8 Å². The van der Waals surface area contributed by atoms with Gasteiger partial charge in [0, 0.05) is 6.20 Å². The zero-order valence-electron chi connectivity index (χ0n) is 10.6. The third-order valence-corrected chi connectivity index (χ3v) is 4.10. The van der Waals surface area contributed by atoms with Crippen molar-refractivity contribution in [2.24, 2.45) is 0 Å². The quantitative estimate of drug-likeness (QED) is 0.868. The summed E-state index contributed by atoms with van der Waals surface area (Å²) in [5.41, 5.74) is -0.321. The summed E-state index contributed by atoms with van der Waals surface area (Å²) in [4.78, 5) is 14.5. The molecule has 0 spiro atoms. The third kappa shape index (κ3) is 2.48. The van der Waals surface area contributed by atoms with Crippen LogP contribution >= 0.6 is 0 Å². The highest BCUT2D eigenvalue weighted by atomic mass is 32.2. The summed E-state index contributed by atoms with van der Waals surface area (Å²) in [6.45, 7) is 2.93. The van der Waals surface area contributed by atoms with Crippen molar-refractivity contribution in [3.8, 4) is 0 Å². The highest BCUT2D eigenvalue weighted by Gasteiger charge is 2.26. The topological polar surface area (TPSA) is 122 Å². The Morgan fingerprint density at radius 1 is 1.40 bits per heavy atom. The summed E-state index contributed by atoms with van der Waals surface area (Å²) < 4.78 is 31.5. The molecule has 2 N–H and O–H groups in total. The molecule has 0 aliphatic rings. The van der Waals surface area contributed by atoms with Crippen LogP contribution in [-0.2, 0) is 10.0 Å². The van der Waals surface area contributed by atoms with Crippen molar-refractivity contribution in [1.82, 2.24) is 10.1 Å². The molecule has 106 valence electrons. The molecule has 0 aromatic carbocycles. The smallest absolute Gasteiger partial charge is 0.356 e. The van der Waals surface area contributed by atoms with Gasteiger partial charge in [-0.2, -0.15) is 0 Å². The summed E-state index contributed by atoms with van der Waals surface area (Å²) in [6, 6.07) is 2.74. The second-order valence-electron chi connectivity index (χ2n) is 3.96. The Morgan fingerprint density at radius 2 is 2.10 bits per heavy atom. The summed E-state index contributed by atoms with van der Waals surface area (Å²) in [5.74, 6) is -1.21. The van der Waals surface area contributed by atoms with Gasteiger partial charge in [0.25, 0.3) is 10.0 Å². The first-order valence-corrected chi connectivity index (χ1v) is 6.95. The first-order valence-electron chi connectivity index (χ1n) is 5.47. The van der Waals surface area contributed by atoms with Crippen LogP contribution in [-0.4, -0.2) is 29.6 Å². The molecule has 9 heteroatoms. The lowest BCUT2D eigenvalue weighted by molar-refractivity contribution is 0.0692. The van der Waals surface area contributed by atoms with Crippen molar-refractivity contribution in [1.29, 1.82) is 0 Å². The summed E-state index contributed by atoms with van der Waals surface area (Å²) >= 11 is 0. The van der Waals surface area contributed by atoms with Crippen LogP contribution < -0.4 is 4.72 Å². The Labute approximate surface area is 114 Å². The molecule has 0 radical (unpaired) electrons. The maximum atomic E-state index is 12.2. The number of carboxylic acid groups (broad SMARTS) is 1. The number of carboxylic acids is 1. The summed E-state index contributed by atoms with van der Waals surface area (Å²) in [5, 5.41) is 12.5. The lowest BCUT2D eigenvalue weighted by Gasteiger charge is -2.09. The van der Waals surface area contributed by atoms with Crippen molar-refractivity contribution >= 4 is 21.7 Å². The molecule has 0 atom stereocenters. The third-order valence-electron chi connectivity index (χ3n) is 2.49. The van der Waals surface area contributed by atoms with Crippen LogP contribution in [0.25, 0.3) is 0 Å². The standard InChI is InChI=1S/C11H11N3O5S/c1-6-10(7(2)19-13-6)20(17,18)14-8-4-3-5-12-9(8)11(15)16/h3-5,14H,1-2H3,(H,15,16). The highest BCUT2D eigenvalue weighted by Crippen LogP contribution is 2.23. The summed E-state index contributed by atoms with van der Waals surface area (Å²) in [7, 11) is -4.00. The van der Waals surface area contributed by atoms with E-state index in [0.717, 1.165) is 0 Å². The number of aromatic carboxylic acids is 1. The van der Waals surface area contributed by atoms with Crippen molar-refractivity contribution in [2.75, 3.05) is 4.72 Å². The van der Waals surface area contributed by atoms with Gasteiger partial charge in [0.05, 0.1) is 5.69 Å². The maximum Gasteiger partial charge on any atom is 0.356 e. The van der Waals surface area contributed by atoms with Crippen molar-refractivity contribution < 1.29 is 22.8 Å². The minimum Gasteiger partial charge on any atom is -0.476 e. The number of aryl methyl sites for hydroxylation is 2. The second-order valence-corrected chi connectivity index (χ2v) is 5.58. The molecule has 0 aliphatic heterocycles. The van der Waals surface area contributed by atoms with E-state index in [2.05, 4.69) is 14.9 Å². The van der Waals surface area contributed by atoms with Crippen LogP contribution in [0.1, 0.15) is 21.9 Å². The molecular formula is C11H11N3O5S. The summed E-state index contributed by atoms with van der Waals surface area (Å²) in [6.07, 6.45) is 1.26. The minimum atomic E-state index is -4.00. The second kappa shape index (κ2) is 4.93. The number of aromatic nitrogens is 2. The Hall–Kier alpha value is -2.42. The van der Waals surface area contributed by atoms with Crippen molar-refractivity contribution in [2.45, 2.75) is 18.7 Å². The van der Waals surface area contributed by atoms with E-state index < -0.39 is 16.0 Å². The molecule has 0 amide bonds. The van der Waals surface area contributed by atoms with Gasteiger partial charge < -0.3 is 9.63 Å². The average Bonchev–Trinajstić information content (AvgIpc) is 2.69. The van der Waals surface area contributed by atoms with Gasteiger partial charge in [0.1, 0.15) is 5.69 Å². The van der Waals surface area contributed by atoms with Gasteiger partial charge in [-0.15, -0.1) is 0 Å². The number of nitrogens with one attached hydrogen (secondary N) is 1. The Balaban J connectivity index is 2.47. The Bertz CT molecular complexity index is 747. The molecule has 8 nitrogen and oxygen atoms in total. The lowest BCUT2D eigenvalue weighted by atomic mass is 10.3. The minimum absolute atomic E-state index is 0.113. The first-order chi connectivity index (χ1) is 9.33. The van der Waals surface area contributed by atoms with Crippen molar-refractivity contribution in [3.63, 3.8) is 0 Å². The van der Waals surface area contributed by atoms with Gasteiger partial charge in [-0.25, -0.2) is 18.2 Å². The molecule has 2 aromatic heterocycles. The van der Waals surface area contributed by atoms with Crippen molar-refractivity contribution in [3.05, 3.63) is 35.5 Å². The molecule has 2 rings (SSSR count). The van der Waals surface area contributed by atoms with E-state index in [1.54, 1.807) is 0 Å². The largest absolute Gasteiger partial charge is 0.476 e.